The van der Waals surface area contributed by atoms with E-state index in [1.165, 1.54) is 25.7 Å². The number of guanidine groups is 1. The Morgan fingerprint density at radius 2 is 2.04 bits per heavy atom. The van der Waals surface area contributed by atoms with Crippen molar-refractivity contribution in [2.45, 2.75) is 51.7 Å². The highest BCUT2D eigenvalue weighted by Gasteiger charge is 2.25. The molecule has 1 aromatic heterocycles. The maximum absolute atomic E-state index is 5.99. The number of ether oxygens (including phenoxy) is 1. The van der Waals surface area contributed by atoms with Crippen molar-refractivity contribution >= 4 is 5.96 Å². The van der Waals surface area contributed by atoms with Gasteiger partial charge in [-0.15, -0.1) is 0 Å². The van der Waals surface area contributed by atoms with Crippen LogP contribution in [0.1, 0.15) is 44.7 Å². The van der Waals surface area contributed by atoms with E-state index in [-0.39, 0.29) is 0 Å². The van der Waals surface area contributed by atoms with Gasteiger partial charge in [0, 0.05) is 25.8 Å². The third-order valence-corrected chi connectivity index (χ3v) is 5.26. The van der Waals surface area contributed by atoms with Gasteiger partial charge in [-0.2, -0.15) is 0 Å². The van der Waals surface area contributed by atoms with Crippen molar-refractivity contribution in [3.8, 4) is 11.5 Å². The summed E-state index contributed by atoms with van der Waals surface area (Å²) < 4.78 is 11.6. The van der Waals surface area contributed by atoms with Crippen molar-refractivity contribution in [2.24, 2.45) is 10.9 Å². The van der Waals surface area contributed by atoms with E-state index < -0.39 is 0 Å². The quantitative estimate of drug-likeness (QED) is 0.505. The van der Waals surface area contributed by atoms with Gasteiger partial charge in [-0.05, 0) is 44.2 Å². The molecule has 0 saturated heterocycles. The normalized spacial score (nSPS) is 16.3. The number of hydrogen-bond donors (Lipinski definition) is 2. The van der Waals surface area contributed by atoms with Crippen LogP contribution in [0.25, 0.3) is 11.5 Å². The Hall–Kier alpha value is -2.34. The van der Waals surface area contributed by atoms with Crippen LogP contribution in [0.15, 0.2) is 46.0 Å². The minimum atomic E-state index is 0.349. The molecule has 1 atom stereocenters. The summed E-state index contributed by atoms with van der Waals surface area (Å²) in [6, 6.07) is 9.91. The number of rotatable bonds is 9. The van der Waals surface area contributed by atoms with E-state index in [1.54, 1.807) is 13.3 Å². The highest BCUT2D eigenvalue weighted by molar-refractivity contribution is 5.79. The minimum absolute atomic E-state index is 0.349. The zero-order valence-electron chi connectivity index (χ0n) is 17.0. The molecule has 28 heavy (non-hydrogen) atoms. The van der Waals surface area contributed by atoms with Crippen molar-refractivity contribution < 1.29 is 9.15 Å². The fourth-order valence-electron chi connectivity index (χ4n) is 3.83. The van der Waals surface area contributed by atoms with Crippen LogP contribution in [-0.4, -0.2) is 37.2 Å². The first-order valence-corrected chi connectivity index (χ1v) is 10.4. The van der Waals surface area contributed by atoms with Crippen LogP contribution in [0.5, 0.6) is 0 Å². The third kappa shape index (κ3) is 5.83. The van der Waals surface area contributed by atoms with E-state index >= 15 is 0 Å². The number of aliphatic imine (C=N–C) groups is 1. The molecule has 1 aliphatic carbocycles. The summed E-state index contributed by atoms with van der Waals surface area (Å²) in [5, 5.41) is 6.69. The van der Waals surface area contributed by atoms with Crippen molar-refractivity contribution in [1.82, 2.24) is 15.6 Å². The van der Waals surface area contributed by atoms with Gasteiger partial charge in [-0.25, -0.2) is 4.98 Å². The SMILES string of the molecule is CCOC(CCNC(=NC)NCc1coc(-c2ccccc2)n1)C1CCCC1. The lowest BCUT2D eigenvalue weighted by Crippen LogP contribution is -2.39. The highest BCUT2D eigenvalue weighted by Crippen LogP contribution is 2.30. The fraction of sp³-hybridized carbons (Fsp3) is 0.545. The first kappa shape index (κ1) is 20.4. The maximum Gasteiger partial charge on any atom is 0.226 e. The Balaban J connectivity index is 1.44. The predicted molar refractivity (Wildman–Crippen MR) is 112 cm³/mol. The average molecular weight is 385 g/mol. The molecule has 1 aromatic carbocycles. The molecule has 0 amide bonds. The molecule has 2 N–H and O–H groups in total. The molecular formula is C22H32N4O2. The highest BCUT2D eigenvalue weighted by atomic mass is 16.5. The van der Waals surface area contributed by atoms with Gasteiger partial charge in [-0.1, -0.05) is 31.0 Å². The van der Waals surface area contributed by atoms with Gasteiger partial charge in [0.15, 0.2) is 5.96 Å². The van der Waals surface area contributed by atoms with E-state index in [4.69, 9.17) is 9.15 Å². The molecule has 1 saturated carbocycles. The van der Waals surface area contributed by atoms with Crippen molar-refractivity contribution in [1.29, 1.82) is 0 Å². The molecule has 0 spiro atoms. The third-order valence-electron chi connectivity index (χ3n) is 5.26. The second-order valence-electron chi connectivity index (χ2n) is 7.19. The summed E-state index contributed by atoms with van der Waals surface area (Å²) in [5.74, 6) is 2.12. The molecule has 1 aliphatic rings. The first-order chi connectivity index (χ1) is 13.8. The van der Waals surface area contributed by atoms with Crippen LogP contribution in [0.3, 0.4) is 0 Å². The summed E-state index contributed by atoms with van der Waals surface area (Å²) >= 11 is 0. The Bertz CT molecular complexity index is 723. The lowest BCUT2D eigenvalue weighted by atomic mass is 9.98. The minimum Gasteiger partial charge on any atom is -0.444 e. The Labute approximate surface area is 167 Å². The number of oxazole rings is 1. The van der Waals surface area contributed by atoms with Crippen LogP contribution in [0, 0.1) is 5.92 Å². The second-order valence-corrected chi connectivity index (χ2v) is 7.19. The lowest BCUT2D eigenvalue weighted by Gasteiger charge is -2.23. The van der Waals surface area contributed by atoms with Crippen LogP contribution in [-0.2, 0) is 11.3 Å². The van der Waals surface area contributed by atoms with E-state index in [0.717, 1.165) is 36.8 Å². The predicted octanol–water partition coefficient (Wildman–Crippen LogP) is 3.99. The van der Waals surface area contributed by atoms with Gasteiger partial charge in [0.1, 0.15) is 6.26 Å². The van der Waals surface area contributed by atoms with Gasteiger partial charge in [0.05, 0.1) is 18.3 Å². The molecule has 152 valence electrons. The standard InChI is InChI=1S/C22H32N4O2/c1-3-27-20(17-9-7-8-10-17)13-14-24-22(23-2)25-15-19-16-28-21(26-19)18-11-5-4-6-12-18/h4-6,11-12,16-17,20H,3,7-10,13-15H2,1-2H3,(H2,23,24,25). The maximum atomic E-state index is 5.99. The topological polar surface area (TPSA) is 71.7 Å². The van der Waals surface area contributed by atoms with Gasteiger partial charge in [-0.3, -0.25) is 4.99 Å². The van der Waals surface area contributed by atoms with Gasteiger partial charge < -0.3 is 19.8 Å². The van der Waals surface area contributed by atoms with Gasteiger partial charge >= 0.3 is 0 Å². The van der Waals surface area contributed by atoms with Crippen molar-refractivity contribution in [2.75, 3.05) is 20.2 Å². The summed E-state index contributed by atoms with van der Waals surface area (Å²) in [7, 11) is 1.78. The zero-order valence-corrected chi connectivity index (χ0v) is 17.0. The molecule has 0 radical (unpaired) electrons. The molecular weight excluding hydrogens is 352 g/mol. The van der Waals surface area contributed by atoms with Crippen LogP contribution < -0.4 is 10.6 Å². The van der Waals surface area contributed by atoms with E-state index in [1.807, 2.05) is 30.3 Å². The van der Waals surface area contributed by atoms with Gasteiger partial charge in [0.2, 0.25) is 5.89 Å². The molecule has 0 aliphatic heterocycles. The Morgan fingerprint density at radius 1 is 1.25 bits per heavy atom. The van der Waals surface area contributed by atoms with Crippen LogP contribution in [0.4, 0.5) is 0 Å². The Morgan fingerprint density at radius 3 is 2.75 bits per heavy atom. The van der Waals surface area contributed by atoms with E-state index in [9.17, 15) is 0 Å². The van der Waals surface area contributed by atoms with E-state index in [0.29, 0.717) is 24.5 Å². The zero-order chi connectivity index (χ0) is 19.6. The summed E-state index contributed by atoms with van der Waals surface area (Å²) in [6.45, 7) is 4.27. The lowest BCUT2D eigenvalue weighted by molar-refractivity contribution is 0.0169. The molecule has 1 heterocycles. The number of nitrogens with one attached hydrogen (secondary N) is 2. The number of hydrogen-bond acceptors (Lipinski definition) is 4. The molecule has 6 nitrogen and oxygen atoms in total. The number of nitrogens with zero attached hydrogens (tertiary/aromatic N) is 2. The largest absolute Gasteiger partial charge is 0.444 e. The molecule has 6 heteroatoms. The molecule has 1 fully saturated rings. The molecule has 0 bridgehead atoms. The van der Waals surface area contributed by atoms with Crippen molar-refractivity contribution in [3.05, 3.63) is 42.3 Å². The fourth-order valence-corrected chi connectivity index (χ4v) is 3.83. The summed E-state index contributed by atoms with van der Waals surface area (Å²) in [6.07, 6.45) is 8.32. The first-order valence-electron chi connectivity index (χ1n) is 10.4. The monoisotopic (exact) mass is 384 g/mol. The summed E-state index contributed by atoms with van der Waals surface area (Å²) in [5.41, 5.74) is 1.82. The number of benzene rings is 1. The average Bonchev–Trinajstić information content (AvgIpc) is 3.43. The molecule has 3 rings (SSSR count). The van der Waals surface area contributed by atoms with Crippen LogP contribution >= 0.6 is 0 Å². The van der Waals surface area contributed by atoms with Crippen molar-refractivity contribution in [3.63, 3.8) is 0 Å². The molecule has 1 unspecified atom stereocenters. The second kappa shape index (κ2) is 10.9. The van der Waals surface area contributed by atoms with E-state index in [2.05, 4.69) is 27.5 Å². The smallest absolute Gasteiger partial charge is 0.226 e. The van der Waals surface area contributed by atoms with Crippen LogP contribution in [0.2, 0.25) is 0 Å². The summed E-state index contributed by atoms with van der Waals surface area (Å²) in [4.78, 5) is 8.84. The Kier molecular flexibility index (Phi) is 7.91. The number of aromatic nitrogens is 1. The molecule has 2 aromatic rings. The van der Waals surface area contributed by atoms with Gasteiger partial charge in [0.25, 0.3) is 0 Å².